The molecule has 0 spiro atoms. The highest BCUT2D eigenvalue weighted by Gasteiger charge is 2.42. The number of rotatable bonds is 7. The van der Waals surface area contributed by atoms with Crippen molar-refractivity contribution >= 4 is 29.3 Å². The fourth-order valence-electron chi connectivity index (χ4n) is 3.87. The SMILES string of the molecule is CCOC(=O)CN1C(=S)NC(c2ccccn2)C1c1ccc(-c2ccccc2C(=O)OC)o1. The third-order valence-corrected chi connectivity index (χ3v) is 5.67. The number of carbonyl (C=O) groups excluding carboxylic acids is 2. The number of carbonyl (C=O) groups is 2. The van der Waals surface area contributed by atoms with Crippen LogP contribution < -0.4 is 5.32 Å². The molecule has 2 atom stereocenters. The Labute approximate surface area is 196 Å². The molecule has 170 valence electrons. The molecule has 1 aliphatic rings. The second-order valence-corrected chi connectivity index (χ2v) is 7.69. The summed E-state index contributed by atoms with van der Waals surface area (Å²) < 4.78 is 16.3. The zero-order valence-corrected chi connectivity index (χ0v) is 19.0. The van der Waals surface area contributed by atoms with Crippen LogP contribution >= 0.6 is 12.2 Å². The highest BCUT2D eigenvalue weighted by molar-refractivity contribution is 7.80. The van der Waals surface area contributed by atoms with Crippen molar-refractivity contribution in [2.24, 2.45) is 0 Å². The van der Waals surface area contributed by atoms with Gasteiger partial charge in [0.05, 0.1) is 31.0 Å². The number of thiocarbonyl (C=S) groups is 1. The molecule has 3 heterocycles. The zero-order valence-electron chi connectivity index (χ0n) is 18.2. The number of nitrogens with one attached hydrogen (secondary N) is 1. The van der Waals surface area contributed by atoms with Crippen molar-refractivity contribution in [2.75, 3.05) is 20.3 Å². The summed E-state index contributed by atoms with van der Waals surface area (Å²) in [5, 5.41) is 3.66. The van der Waals surface area contributed by atoms with Gasteiger partial charge >= 0.3 is 11.9 Å². The van der Waals surface area contributed by atoms with Gasteiger partial charge in [0.25, 0.3) is 0 Å². The highest BCUT2D eigenvalue weighted by Crippen LogP contribution is 2.40. The van der Waals surface area contributed by atoms with Crippen LogP contribution in [0.3, 0.4) is 0 Å². The number of esters is 2. The van der Waals surface area contributed by atoms with Crippen LogP contribution in [0.2, 0.25) is 0 Å². The van der Waals surface area contributed by atoms with E-state index in [-0.39, 0.29) is 19.2 Å². The first-order chi connectivity index (χ1) is 16.0. The zero-order chi connectivity index (χ0) is 23.4. The molecule has 1 N–H and O–H groups in total. The summed E-state index contributed by atoms with van der Waals surface area (Å²) in [6, 6.07) is 15.5. The predicted octanol–water partition coefficient (Wildman–Crippen LogP) is 3.66. The van der Waals surface area contributed by atoms with E-state index in [9.17, 15) is 9.59 Å². The maximum absolute atomic E-state index is 12.3. The third-order valence-electron chi connectivity index (χ3n) is 5.32. The third kappa shape index (κ3) is 4.58. The van der Waals surface area contributed by atoms with Crippen molar-refractivity contribution < 1.29 is 23.5 Å². The van der Waals surface area contributed by atoms with E-state index in [0.29, 0.717) is 27.8 Å². The van der Waals surface area contributed by atoms with Crippen molar-refractivity contribution in [3.05, 3.63) is 77.8 Å². The first kappa shape index (κ1) is 22.5. The average molecular weight is 466 g/mol. The summed E-state index contributed by atoms with van der Waals surface area (Å²) in [6.07, 6.45) is 1.70. The van der Waals surface area contributed by atoms with Gasteiger partial charge in [-0.1, -0.05) is 24.3 Å². The number of benzene rings is 1. The second kappa shape index (κ2) is 9.83. The number of aromatic nitrogens is 1. The Bertz CT molecular complexity index is 1160. The van der Waals surface area contributed by atoms with Gasteiger partial charge in [0, 0.05) is 11.8 Å². The smallest absolute Gasteiger partial charge is 0.338 e. The van der Waals surface area contributed by atoms with Gasteiger partial charge in [0.15, 0.2) is 5.11 Å². The van der Waals surface area contributed by atoms with Gasteiger partial charge in [-0.25, -0.2) is 4.79 Å². The lowest BCUT2D eigenvalue weighted by molar-refractivity contribution is -0.143. The minimum absolute atomic E-state index is 0.0392. The number of furan rings is 1. The minimum Gasteiger partial charge on any atom is -0.465 e. The summed E-state index contributed by atoms with van der Waals surface area (Å²) in [5.74, 6) is 0.218. The standard InChI is InChI=1S/C24H23N3O5S/c1-3-31-20(28)14-27-22(21(26-24(27)33)17-10-6-7-13-25-17)19-12-11-18(32-19)15-8-4-5-9-16(15)23(29)30-2/h4-13,21-22H,3,14H2,1-2H3,(H,26,33). The molecular weight excluding hydrogens is 442 g/mol. The van der Waals surface area contributed by atoms with Gasteiger partial charge in [-0.05, 0) is 49.5 Å². The van der Waals surface area contributed by atoms with Crippen LogP contribution in [-0.4, -0.2) is 47.2 Å². The van der Waals surface area contributed by atoms with Crippen LogP contribution in [0, 0.1) is 0 Å². The summed E-state index contributed by atoms with van der Waals surface area (Å²) >= 11 is 5.54. The molecule has 4 rings (SSSR count). The van der Waals surface area contributed by atoms with Gasteiger partial charge in [0.2, 0.25) is 0 Å². The van der Waals surface area contributed by atoms with Gasteiger partial charge in [-0.15, -0.1) is 0 Å². The van der Waals surface area contributed by atoms with E-state index in [1.807, 2.05) is 30.3 Å². The van der Waals surface area contributed by atoms with Crippen LogP contribution in [0.4, 0.5) is 0 Å². The monoisotopic (exact) mass is 465 g/mol. The molecule has 9 heteroatoms. The number of methoxy groups -OCH3 is 1. The molecule has 0 bridgehead atoms. The largest absolute Gasteiger partial charge is 0.465 e. The van der Waals surface area contributed by atoms with Gasteiger partial charge in [-0.3, -0.25) is 9.78 Å². The fraction of sp³-hybridized carbons (Fsp3) is 0.250. The minimum atomic E-state index is -0.456. The molecule has 33 heavy (non-hydrogen) atoms. The van der Waals surface area contributed by atoms with Gasteiger partial charge in [-0.2, -0.15) is 0 Å². The van der Waals surface area contributed by atoms with Crippen LogP contribution in [0.5, 0.6) is 0 Å². The van der Waals surface area contributed by atoms with E-state index < -0.39 is 18.0 Å². The summed E-state index contributed by atoms with van der Waals surface area (Å²) in [4.78, 5) is 30.7. The molecule has 0 saturated carbocycles. The Morgan fingerprint density at radius 1 is 1.15 bits per heavy atom. The van der Waals surface area contributed by atoms with E-state index in [4.69, 9.17) is 26.1 Å². The van der Waals surface area contributed by atoms with E-state index in [1.165, 1.54) is 7.11 Å². The van der Waals surface area contributed by atoms with Crippen molar-refractivity contribution in [2.45, 2.75) is 19.0 Å². The number of ether oxygens (including phenoxy) is 2. The number of hydrogen-bond donors (Lipinski definition) is 1. The van der Waals surface area contributed by atoms with Crippen molar-refractivity contribution in [1.82, 2.24) is 15.2 Å². The van der Waals surface area contributed by atoms with Crippen LogP contribution in [0.15, 0.2) is 65.2 Å². The molecule has 0 radical (unpaired) electrons. The molecule has 3 aromatic rings. The lowest BCUT2D eigenvalue weighted by Crippen LogP contribution is -2.35. The first-order valence-corrected chi connectivity index (χ1v) is 10.9. The molecule has 0 aliphatic carbocycles. The maximum atomic E-state index is 12.3. The number of nitrogens with zero attached hydrogens (tertiary/aromatic N) is 2. The van der Waals surface area contributed by atoms with E-state index >= 15 is 0 Å². The maximum Gasteiger partial charge on any atom is 0.338 e. The summed E-state index contributed by atoms with van der Waals surface area (Å²) in [7, 11) is 1.34. The van der Waals surface area contributed by atoms with Crippen LogP contribution in [0.1, 0.15) is 40.8 Å². The Morgan fingerprint density at radius 2 is 1.94 bits per heavy atom. The van der Waals surface area contributed by atoms with Gasteiger partial charge < -0.3 is 24.1 Å². The molecule has 1 fully saturated rings. The molecule has 2 unspecified atom stereocenters. The van der Waals surface area contributed by atoms with E-state index in [0.717, 1.165) is 5.69 Å². The van der Waals surface area contributed by atoms with Crippen molar-refractivity contribution in [3.63, 3.8) is 0 Å². The normalized spacial score (nSPS) is 17.5. The molecule has 1 saturated heterocycles. The summed E-state index contributed by atoms with van der Waals surface area (Å²) in [6.45, 7) is 1.99. The molecule has 0 amide bonds. The topological polar surface area (TPSA) is 93.9 Å². The van der Waals surface area contributed by atoms with Crippen LogP contribution in [0.25, 0.3) is 11.3 Å². The Morgan fingerprint density at radius 3 is 2.67 bits per heavy atom. The lowest BCUT2D eigenvalue weighted by atomic mass is 10.0. The Hall–Kier alpha value is -3.72. The van der Waals surface area contributed by atoms with Crippen LogP contribution in [-0.2, 0) is 14.3 Å². The molecule has 2 aromatic heterocycles. The molecular formula is C24H23N3O5S. The predicted molar refractivity (Wildman–Crippen MR) is 124 cm³/mol. The average Bonchev–Trinajstić information content (AvgIpc) is 3.44. The molecule has 8 nitrogen and oxygen atoms in total. The number of pyridine rings is 1. The fourth-order valence-corrected chi connectivity index (χ4v) is 4.18. The Balaban J connectivity index is 1.74. The molecule has 1 aromatic carbocycles. The first-order valence-electron chi connectivity index (χ1n) is 10.4. The lowest BCUT2D eigenvalue weighted by Gasteiger charge is -2.25. The summed E-state index contributed by atoms with van der Waals surface area (Å²) in [5.41, 5.74) is 1.75. The van der Waals surface area contributed by atoms with E-state index in [1.54, 1.807) is 42.3 Å². The number of hydrogen-bond acceptors (Lipinski definition) is 7. The quantitative estimate of drug-likeness (QED) is 0.414. The van der Waals surface area contributed by atoms with E-state index in [2.05, 4.69) is 10.3 Å². The second-order valence-electron chi connectivity index (χ2n) is 7.30. The Kier molecular flexibility index (Phi) is 6.69. The van der Waals surface area contributed by atoms with Crippen molar-refractivity contribution in [3.8, 4) is 11.3 Å². The molecule has 1 aliphatic heterocycles. The van der Waals surface area contributed by atoms with Crippen molar-refractivity contribution in [1.29, 1.82) is 0 Å². The van der Waals surface area contributed by atoms with Gasteiger partial charge in [0.1, 0.15) is 24.1 Å². The highest BCUT2D eigenvalue weighted by atomic mass is 32.1.